The van der Waals surface area contributed by atoms with Gasteiger partial charge in [-0.1, -0.05) is 6.07 Å². The summed E-state index contributed by atoms with van der Waals surface area (Å²) in [7, 11) is 1.34. The molecule has 0 unspecified atom stereocenters. The molecule has 1 aromatic heterocycles. The number of esters is 1. The number of benzene rings is 1. The van der Waals surface area contributed by atoms with Crippen molar-refractivity contribution in [2.75, 3.05) is 63.3 Å². The monoisotopic (exact) mass is 500 g/mol. The summed E-state index contributed by atoms with van der Waals surface area (Å²) in [4.78, 5) is 34.6. The number of anilines is 2. The third kappa shape index (κ3) is 5.50. The summed E-state index contributed by atoms with van der Waals surface area (Å²) in [5.74, 6) is -0.828. The number of rotatable bonds is 6. The fourth-order valence-corrected chi connectivity index (χ4v) is 5.91. The average molecular weight is 501 g/mol. The molecule has 0 atom stereocenters. The lowest BCUT2D eigenvalue weighted by molar-refractivity contribution is -0.0146. The summed E-state index contributed by atoms with van der Waals surface area (Å²) >= 11 is 1.47. The molecule has 3 fully saturated rings. The van der Waals surface area contributed by atoms with E-state index in [2.05, 4.69) is 20.1 Å². The number of hydrogen-bond acceptors (Lipinski definition) is 9. The Morgan fingerprint density at radius 1 is 1.14 bits per heavy atom. The predicted octanol–water partition coefficient (Wildman–Crippen LogP) is 3.16. The first-order chi connectivity index (χ1) is 17.0. The first kappa shape index (κ1) is 24.2. The van der Waals surface area contributed by atoms with Crippen molar-refractivity contribution in [1.29, 1.82) is 0 Å². The van der Waals surface area contributed by atoms with Crippen LogP contribution >= 0.6 is 11.3 Å². The minimum Gasteiger partial charge on any atom is -0.465 e. The van der Waals surface area contributed by atoms with E-state index in [0.29, 0.717) is 36.7 Å². The van der Waals surface area contributed by atoms with Gasteiger partial charge in [-0.15, -0.1) is 11.3 Å². The second-order valence-corrected chi connectivity index (χ2v) is 10.2. The Kier molecular flexibility index (Phi) is 7.33. The van der Waals surface area contributed by atoms with E-state index in [9.17, 15) is 9.59 Å². The normalized spacial score (nSPS) is 20.2. The van der Waals surface area contributed by atoms with Gasteiger partial charge in [0.25, 0.3) is 5.91 Å². The molecular formula is C25H32N4O5S. The minimum atomic E-state index is -0.487. The Labute approximate surface area is 209 Å². The van der Waals surface area contributed by atoms with E-state index < -0.39 is 5.97 Å². The molecule has 0 saturated carbocycles. The van der Waals surface area contributed by atoms with Crippen molar-refractivity contribution in [2.24, 2.45) is 0 Å². The van der Waals surface area contributed by atoms with Crippen molar-refractivity contribution in [3.63, 3.8) is 0 Å². The highest BCUT2D eigenvalue weighted by Gasteiger charge is 2.38. The van der Waals surface area contributed by atoms with Crippen LogP contribution in [0, 0.1) is 0 Å². The maximum atomic E-state index is 13.0. The lowest BCUT2D eigenvalue weighted by Crippen LogP contribution is -2.44. The molecule has 0 radical (unpaired) electrons. The van der Waals surface area contributed by atoms with E-state index in [1.807, 2.05) is 6.07 Å². The fourth-order valence-electron chi connectivity index (χ4n) is 5.05. The second kappa shape index (κ2) is 10.6. The van der Waals surface area contributed by atoms with Crippen LogP contribution in [0.15, 0.2) is 23.6 Å². The van der Waals surface area contributed by atoms with Gasteiger partial charge in [-0.2, -0.15) is 0 Å². The number of aromatic nitrogens is 1. The number of piperidine rings is 1. The summed E-state index contributed by atoms with van der Waals surface area (Å²) in [6, 6.07) is 5.48. The smallest absolute Gasteiger partial charge is 0.339 e. The summed E-state index contributed by atoms with van der Waals surface area (Å²) < 4.78 is 16.4. The summed E-state index contributed by atoms with van der Waals surface area (Å²) in [5, 5.41) is 5.48. The maximum absolute atomic E-state index is 13.0. The first-order valence-corrected chi connectivity index (χ1v) is 13.1. The van der Waals surface area contributed by atoms with Crippen molar-refractivity contribution in [3.05, 3.63) is 40.4 Å². The minimum absolute atomic E-state index is 0.0478. The zero-order chi connectivity index (χ0) is 24.3. The number of carbonyl (C=O) groups is 2. The molecule has 4 heterocycles. The van der Waals surface area contributed by atoms with Crippen LogP contribution in [0.5, 0.6) is 0 Å². The van der Waals surface area contributed by atoms with E-state index in [-0.39, 0.29) is 11.5 Å². The van der Waals surface area contributed by atoms with E-state index in [1.165, 1.54) is 18.4 Å². The van der Waals surface area contributed by atoms with Crippen LogP contribution in [0.25, 0.3) is 0 Å². The summed E-state index contributed by atoms with van der Waals surface area (Å²) in [6.45, 7) is 6.45. The van der Waals surface area contributed by atoms with Crippen molar-refractivity contribution in [2.45, 2.75) is 37.8 Å². The van der Waals surface area contributed by atoms with Gasteiger partial charge in [-0.25, -0.2) is 9.78 Å². The third-order valence-electron chi connectivity index (χ3n) is 7.10. The van der Waals surface area contributed by atoms with Crippen molar-refractivity contribution in [3.8, 4) is 0 Å². The van der Waals surface area contributed by atoms with Gasteiger partial charge in [0.2, 0.25) is 0 Å². The lowest BCUT2D eigenvalue weighted by atomic mass is 9.89. The summed E-state index contributed by atoms with van der Waals surface area (Å²) in [5.41, 5.74) is 2.12. The molecule has 0 bridgehead atoms. The molecule has 1 spiro atoms. The van der Waals surface area contributed by atoms with E-state index in [4.69, 9.17) is 14.2 Å². The summed E-state index contributed by atoms with van der Waals surface area (Å²) in [6.07, 6.45) is 4.27. The number of thiazole rings is 1. The Balaban J connectivity index is 1.25. The van der Waals surface area contributed by atoms with E-state index >= 15 is 0 Å². The lowest BCUT2D eigenvalue weighted by Gasteiger charge is -2.38. The molecule has 3 aliphatic heterocycles. The number of methoxy groups -OCH3 is 1. The van der Waals surface area contributed by atoms with Crippen LogP contribution in [0.3, 0.4) is 0 Å². The highest BCUT2D eigenvalue weighted by molar-refractivity contribution is 7.14. The molecular weight excluding hydrogens is 468 g/mol. The second-order valence-electron chi connectivity index (χ2n) is 9.35. The average Bonchev–Trinajstić information content (AvgIpc) is 3.56. The predicted molar refractivity (Wildman–Crippen MR) is 133 cm³/mol. The van der Waals surface area contributed by atoms with Crippen LogP contribution in [0.2, 0.25) is 0 Å². The van der Waals surface area contributed by atoms with Crippen LogP contribution in [-0.2, 0) is 20.8 Å². The molecule has 1 N–H and O–H groups in total. The largest absolute Gasteiger partial charge is 0.465 e. The van der Waals surface area contributed by atoms with Gasteiger partial charge in [0.1, 0.15) is 5.69 Å². The zero-order valence-corrected chi connectivity index (χ0v) is 20.9. The van der Waals surface area contributed by atoms with Crippen LogP contribution in [-0.4, -0.2) is 80.5 Å². The zero-order valence-electron chi connectivity index (χ0n) is 20.1. The molecule has 3 aliphatic rings. The number of morpholine rings is 1. The fraction of sp³-hybridized carbons (Fsp3) is 0.560. The Hall–Kier alpha value is -2.53. The number of nitrogens with one attached hydrogen (secondary N) is 1. The Morgan fingerprint density at radius 3 is 2.66 bits per heavy atom. The topological polar surface area (TPSA) is 93.2 Å². The molecule has 10 heteroatoms. The molecule has 35 heavy (non-hydrogen) atoms. The van der Waals surface area contributed by atoms with Gasteiger partial charge in [0.15, 0.2) is 5.13 Å². The van der Waals surface area contributed by atoms with E-state index in [1.54, 1.807) is 17.5 Å². The van der Waals surface area contributed by atoms with Gasteiger partial charge >= 0.3 is 5.97 Å². The molecule has 5 rings (SSSR count). The molecule has 1 amide bonds. The number of nitrogens with zero attached hydrogens (tertiary/aromatic N) is 3. The highest BCUT2D eigenvalue weighted by atomic mass is 32.1. The highest BCUT2D eigenvalue weighted by Crippen LogP contribution is 2.37. The molecule has 2 aromatic rings. The SMILES string of the molecule is COC(=O)c1cc(CN2CCOCC2)ccc1NC(=O)c1csc(N2CCC3(CCCO3)CC2)n1. The first-order valence-electron chi connectivity index (χ1n) is 12.2. The van der Waals surface area contributed by atoms with Gasteiger partial charge in [-0.3, -0.25) is 9.69 Å². The number of amides is 1. The van der Waals surface area contributed by atoms with Gasteiger partial charge in [0, 0.05) is 44.7 Å². The Morgan fingerprint density at radius 2 is 1.94 bits per heavy atom. The van der Waals surface area contributed by atoms with Crippen molar-refractivity contribution < 1.29 is 23.8 Å². The molecule has 0 aliphatic carbocycles. The van der Waals surface area contributed by atoms with Crippen LogP contribution in [0.1, 0.15) is 52.1 Å². The number of hydrogen-bond donors (Lipinski definition) is 1. The van der Waals surface area contributed by atoms with E-state index in [0.717, 1.165) is 69.2 Å². The van der Waals surface area contributed by atoms with Gasteiger partial charge < -0.3 is 24.4 Å². The van der Waals surface area contributed by atoms with Crippen LogP contribution in [0.4, 0.5) is 10.8 Å². The maximum Gasteiger partial charge on any atom is 0.339 e. The van der Waals surface area contributed by atoms with Crippen molar-refractivity contribution in [1.82, 2.24) is 9.88 Å². The van der Waals surface area contributed by atoms with Crippen molar-refractivity contribution >= 4 is 34.0 Å². The van der Waals surface area contributed by atoms with Gasteiger partial charge in [-0.05, 0) is 43.4 Å². The molecule has 188 valence electrons. The number of carbonyl (C=O) groups excluding carboxylic acids is 2. The van der Waals surface area contributed by atoms with Gasteiger partial charge in [0.05, 0.1) is 37.2 Å². The quantitative estimate of drug-likeness (QED) is 0.605. The Bertz CT molecular complexity index is 1050. The van der Waals surface area contributed by atoms with Crippen LogP contribution < -0.4 is 10.2 Å². The number of ether oxygens (including phenoxy) is 3. The molecule has 9 nitrogen and oxygen atoms in total. The molecule has 3 saturated heterocycles. The standard InChI is InChI=1S/C25H32N4O5S/c1-32-23(31)19-15-18(16-28-10-13-33-14-11-28)3-4-20(19)26-22(30)21-17-35-24(27-21)29-8-6-25(7-9-29)5-2-12-34-25/h3-4,15,17H,2,5-14,16H2,1H3,(H,26,30). The third-order valence-corrected chi connectivity index (χ3v) is 8.00. The molecule has 1 aromatic carbocycles.